The van der Waals surface area contributed by atoms with E-state index >= 15 is 0 Å². The number of hydrogen-bond acceptors (Lipinski definition) is 2. The van der Waals surface area contributed by atoms with E-state index in [0.717, 1.165) is 13.0 Å². The quantitative estimate of drug-likeness (QED) is 0.550. The van der Waals surface area contributed by atoms with Crippen molar-refractivity contribution in [3.63, 3.8) is 0 Å². The predicted molar refractivity (Wildman–Crippen MR) is 55.5 cm³/mol. The van der Waals surface area contributed by atoms with E-state index in [1.54, 1.807) is 6.20 Å². The Labute approximate surface area is 79.7 Å². The lowest BCUT2D eigenvalue weighted by molar-refractivity contribution is 0.579. The van der Waals surface area contributed by atoms with Crippen LogP contribution in [0.25, 0.3) is 0 Å². The van der Waals surface area contributed by atoms with Crippen molar-refractivity contribution in [3.8, 4) is 0 Å². The molecule has 1 rings (SSSR count). The van der Waals surface area contributed by atoms with Crippen LogP contribution in [-0.4, -0.2) is 11.5 Å². The number of nitrogens with one attached hydrogen (secondary N) is 1. The maximum Gasteiger partial charge on any atom is 0.0315 e. The molecule has 0 aliphatic carbocycles. The topological polar surface area (TPSA) is 24.9 Å². The fourth-order valence-corrected chi connectivity index (χ4v) is 1.15. The van der Waals surface area contributed by atoms with E-state index in [4.69, 9.17) is 0 Å². The summed E-state index contributed by atoms with van der Waals surface area (Å²) in [5.74, 6) is 0. The molecular weight excluding hydrogens is 160 g/mol. The molecule has 1 aromatic heterocycles. The molecule has 13 heavy (non-hydrogen) atoms. The zero-order chi connectivity index (χ0) is 9.52. The molecule has 0 radical (unpaired) electrons. The molecule has 0 unspecified atom stereocenters. The average Bonchev–Trinajstić information content (AvgIpc) is 2.19. The van der Waals surface area contributed by atoms with Gasteiger partial charge in [0.05, 0.1) is 0 Å². The highest BCUT2D eigenvalue weighted by Gasteiger charge is 2.01. The normalized spacial score (nSPS) is 12.4. The first-order valence-corrected chi connectivity index (χ1v) is 4.59. The van der Waals surface area contributed by atoms with E-state index in [2.05, 4.69) is 29.9 Å². The van der Waals surface area contributed by atoms with Gasteiger partial charge in [-0.3, -0.25) is 4.98 Å². The molecule has 1 heterocycles. The summed E-state index contributed by atoms with van der Waals surface area (Å²) >= 11 is 0. The van der Waals surface area contributed by atoms with Crippen LogP contribution in [0.1, 0.15) is 24.9 Å². The molecule has 0 aliphatic heterocycles. The molecule has 1 N–H and O–H groups in total. The third kappa shape index (κ3) is 3.38. The van der Waals surface area contributed by atoms with Crippen LogP contribution in [0.3, 0.4) is 0 Å². The highest BCUT2D eigenvalue weighted by atomic mass is 14.9. The zero-order valence-corrected chi connectivity index (χ0v) is 8.03. The van der Waals surface area contributed by atoms with Gasteiger partial charge >= 0.3 is 0 Å². The Morgan fingerprint density at radius 2 is 2.54 bits per heavy atom. The van der Waals surface area contributed by atoms with Crippen LogP contribution >= 0.6 is 0 Å². The number of aromatic nitrogens is 1. The highest BCUT2D eigenvalue weighted by molar-refractivity contribution is 5.12. The molecule has 0 amide bonds. The van der Waals surface area contributed by atoms with E-state index in [1.165, 1.54) is 5.56 Å². The van der Waals surface area contributed by atoms with Crippen LogP contribution in [0, 0.1) is 0 Å². The van der Waals surface area contributed by atoms with Crippen LogP contribution in [0.15, 0.2) is 37.2 Å². The van der Waals surface area contributed by atoms with Crippen LogP contribution in [0.5, 0.6) is 0 Å². The lowest BCUT2D eigenvalue weighted by Crippen LogP contribution is -2.19. The van der Waals surface area contributed by atoms with Gasteiger partial charge in [-0.15, -0.1) is 6.58 Å². The Bertz CT molecular complexity index is 244. The Morgan fingerprint density at radius 3 is 3.15 bits per heavy atom. The number of nitrogens with zero attached hydrogens (tertiary/aromatic N) is 1. The molecule has 70 valence electrons. The smallest absolute Gasteiger partial charge is 0.0315 e. The van der Waals surface area contributed by atoms with Gasteiger partial charge in [0.2, 0.25) is 0 Å². The van der Waals surface area contributed by atoms with E-state index in [1.807, 2.05) is 18.3 Å². The number of rotatable bonds is 5. The van der Waals surface area contributed by atoms with Crippen molar-refractivity contribution < 1.29 is 0 Å². The third-order valence-corrected chi connectivity index (χ3v) is 1.98. The van der Waals surface area contributed by atoms with Crippen molar-refractivity contribution in [3.05, 3.63) is 42.7 Å². The van der Waals surface area contributed by atoms with Crippen LogP contribution in [0.4, 0.5) is 0 Å². The van der Waals surface area contributed by atoms with Gasteiger partial charge in [0.25, 0.3) is 0 Å². The van der Waals surface area contributed by atoms with Crippen molar-refractivity contribution in [1.82, 2.24) is 10.3 Å². The van der Waals surface area contributed by atoms with E-state index in [0.29, 0.717) is 6.04 Å². The van der Waals surface area contributed by atoms with Crippen LogP contribution in [-0.2, 0) is 0 Å². The van der Waals surface area contributed by atoms with E-state index in [-0.39, 0.29) is 0 Å². The first-order valence-electron chi connectivity index (χ1n) is 4.59. The second kappa shape index (κ2) is 5.49. The minimum absolute atomic E-state index is 0.369. The second-order valence-corrected chi connectivity index (χ2v) is 3.04. The summed E-state index contributed by atoms with van der Waals surface area (Å²) in [6.45, 7) is 6.79. The van der Waals surface area contributed by atoms with Gasteiger partial charge in [0.1, 0.15) is 0 Å². The lowest BCUT2D eigenvalue weighted by atomic mass is 10.1. The minimum Gasteiger partial charge on any atom is -0.310 e. The summed E-state index contributed by atoms with van der Waals surface area (Å²) in [5.41, 5.74) is 1.23. The van der Waals surface area contributed by atoms with Gasteiger partial charge < -0.3 is 5.32 Å². The van der Waals surface area contributed by atoms with Crippen molar-refractivity contribution >= 4 is 0 Å². The van der Waals surface area contributed by atoms with Crippen molar-refractivity contribution in [2.24, 2.45) is 0 Å². The molecule has 0 aromatic carbocycles. The van der Waals surface area contributed by atoms with Gasteiger partial charge in [0, 0.05) is 18.4 Å². The summed E-state index contributed by atoms with van der Waals surface area (Å²) in [6, 6.07) is 4.41. The van der Waals surface area contributed by atoms with Crippen molar-refractivity contribution in [1.29, 1.82) is 0 Å². The van der Waals surface area contributed by atoms with Crippen molar-refractivity contribution in [2.75, 3.05) is 6.54 Å². The first kappa shape index (κ1) is 9.93. The van der Waals surface area contributed by atoms with Gasteiger partial charge in [-0.25, -0.2) is 0 Å². The molecule has 0 fully saturated rings. The van der Waals surface area contributed by atoms with E-state index < -0.39 is 0 Å². The van der Waals surface area contributed by atoms with Crippen molar-refractivity contribution in [2.45, 2.75) is 19.4 Å². The average molecular weight is 176 g/mol. The third-order valence-electron chi connectivity index (χ3n) is 1.98. The fraction of sp³-hybridized carbons (Fsp3) is 0.364. The molecule has 0 saturated heterocycles. The molecule has 2 heteroatoms. The Hall–Kier alpha value is -1.15. The molecule has 2 nitrogen and oxygen atoms in total. The number of pyridine rings is 1. The zero-order valence-electron chi connectivity index (χ0n) is 8.03. The monoisotopic (exact) mass is 176 g/mol. The summed E-state index contributed by atoms with van der Waals surface area (Å²) in [5, 5.41) is 3.39. The molecule has 0 spiro atoms. The standard InChI is InChI=1S/C11H16N2/c1-3-4-8-13-10(2)11-6-5-7-12-9-11/h3,5-7,9-10,13H,1,4,8H2,2H3/t10-/m0/s1. The van der Waals surface area contributed by atoms with Gasteiger partial charge in [-0.1, -0.05) is 12.1 Å². The molecule has 1 aromatic rings. The Morgan fingerprint density at radius 1 is 1.69 bits per heavy atom. The van der Waals surface area contributed by atoms with Crippen LogP contribution in [0.2, 0.25) is 0 Å². The SMILES string of the molecule is C=CCCN[C@@H](C)c1cccnc1. The molecular formula is C11H16N2. The minimum atomic E-state index is 0.369. The maximum atomic E-state index is 4.07. The predicted octanol–water partition coefficient (Wildman–Crippen LogP) is 2.31. The highest BCUT2D eigenvalue weighted by Crippen LogP contribution is 2.08. The van der Waals surface area contributed by atoms with Gasteiger partial charge in [-0.2, -0.15) is 0 Å². The molecule has 0 aliphatic rings. The largest absolute Gasteiger partial charge is 0.310 e. The summed E-state index contributed by atoms with van der Waals surface area (Å²) in [7, 11) is 0. The molecule has 0 saturated carbocycles. The van der Waals surface area contributed by atoms with Crippen LogP contribution < -0.4 is 5.32 Å². The Kier molecular flexibility index (Phi) is 4.19. The summed E-state index contributed by atoms with van der Waals surface area (Å²) < 4.78 is 0. The molecule has 1 atom stereocenters. The summed E-state index contributed by atoms with van der Waals surface area (Å²) in [6.07, 6.45) is 6.61. The van der Waals surface area contributed by atoms with Gasteiger partial charge in [0.15, 0.2) is 0 Å². The maximum absolute atomic E-state index is 4.07. The molecule has 0 bridgehead atoms. The number of hydrogen-bond donors (Lipinski definition) is 1. The van der Waals surface area contributed by atoms with E-state index in [9.17, 15) is 0 Å². The summed E-state index contributed by atoms with van der Waals surface area (Å²) in [4.78, 5) is 4.07. The first-order chi connectivity index (χ1) is 6.34. The second-order valence-electron chi connectivity index (χ2n) is 3.04. The Balaban J connectivity index is 2.39. The fourth-order valence-electron chi connectivity index (χ4n) is 1.15. The lowest BCUT2D eigenvalue weighted by Gasteiger charge is -2.12. The van der Waals surface area contributed by atoms with Gasteiger partial charge in [-0.05, 0) is 31.5 Å².